The van der Waals surface area contributed by atoms with E-state index in [1.807, 2.05) is 44.2 Å². The Kier molecular flexibility index (Phi) is 7.27. The third kappa shape index (κ3) is 6.76. The second kappa shape index (κ2) is 9.29. The molecule has 0 heterocycles. The molecule has 2 unspecified atom stereocenters. The highest BCUT2D eigenvalue weighted by molar-refractivity contribution is 5.92. The van der Waals surface area contributed by atoms with Gasteiger partial charge in [-0.05, 0) is 59.9 Å². The minimum absolute atomic E-state index is 0.0199. The largest absolute Gasteiger partial charge is 0.444 e. The fourth-order valence-corrected chi connectivity index (χ4v) is 3.08. The number of alkyl carbamates (subject to hydrolysis) is 1. The molecule has 1 aromatic rings. The fourth-order valence-electron chi connectivity index (χ4n) is 3.08. The van der Waals surface area contributed by atoms with E-state index in [2.05, 4.69) is 10.6 Å². The van der Waals surface area contributed by atoms with Gasteiger partial charge in [-0.15, -0.1) is 0 Å². The first-order valence-corrected chi connectivity index (χ1v) is 10.2. The van der Waals surface area contributed by atoms with Crippen molar-refractivity contribution in [3.63, 3.8) is 0 Å². The second-order valence-electron chi connectivity index (χ2n) is 8.82. The lowest BCUT2D eigenvalue weighted by molar-refractivity contribution is -0.143. The topological polar surface area (TPSA) is 87.7 Å². The summed E-state index contributed by atoms with van der Waals surface area (Å²) in [5.74, 6) is -0.526. The predicted octanol–water partition coefficient (Wildman–Crippen LogP) is 3.16. The number of carbonyl (C=O) groups is 3. The second-order valence-corrected chi connectivity index (χ2v) is 8.82. The van der Waals surface area contributed by atoms with E-state index in [1.54, 1.807) is 32.6 Å². The number of ether oxygens (including phenoxy) is 1. The molecule has 7 heteroatoms. The van der Waals surface area contributed by atoms with E-state index in [4.69, 9.17) is 4.74 Å². The van der Waals surface area contributed by atoms with Crippen molar-refractivity contribution in [2.45, 2.75) is 84.2 Å². The Morgan fingerprint density at radius 1 is 1.03 bits per heavy atom. The Morgan fingerprint density at radius 2 is 1.62 bits per heavy atom. The Bertz CT molecular complexity index is 723. The molecule has 1 aromatic carbocycles. The van der Waals surface area contributed by atoms with Crippen LogP contribution in [0.5, 0.6) is 0 Å². The van der Waals surface area contributed by atoms with Crippen molar-refractivity contribution in [3.05, 3.63) is 35.9 Å². The molecule has 0 radical (unpaired) electrons. The Morgan fingerprint density at radius 3 is 2.10 bits per heavy atom. The lowest BCUT2D eigenvalue weighted by Gasteiger charge is -2.34. The molecule has 3 amide bonds. The predicted molar refractivity (Wildman–Crippen MR) is 111 cm³/mol. The highest BCUT2D eigenvalue weighted by atomic mass is 16.6. The molecular weight excluding hydrogens is 370 g/mol. The zero-order valence-corrected chi connectivity index (χ0v) is 18.2. The van der Waals surface area contributed by atoms with Gasteiger partial charge in [-0.2, -0.15) is 0 Å². The van der Waals surface area contributed by atoms with Gasteiger partial charge < -0.3 is 20.3 Å². The van der Waals surface area contributed by atoms with Crippen LogP contribution in [0.3, 0.4) is 0 Å². The average molecular weight is 404 g/mol. The van der Waals surface area contributed by atoms with Gasteiger partial charge in [0.05, 0.1) is 0 Å². The van der Waals surface area contributed by atoms with E-state index in [9.17, 15) is 14.4 Å². The Balaban J connectivity index is 2.26. The highest BCUT2D eigenvalue weighted by Crippen LogP contribution is 2.35. The van der Waals surface area contributed by atoms with Gasteiger partial charge >= 0.3 is 6.09 Å². The van der Waals surface area contributed by atoms with Crippen LogP contribution in [0.1, 0.15) is 66.0 Å². The number of nitrogens with one attached hydrogen (secondary N) is 2. The van der Waals surface area contributed by atoms with E-state index < -0.39 is 23.8 Å². The summed E-state index contributed by atoms with van der Waals surface area (Å²) >= 11 is 0. The Hall–Kier alpha value is -2.57. The number of benzene rings is 1. The van der Waals surface area contributed by atoms with E-state index in [0.29, 0.717) is 0 Å². The van der Waals surface area contributed by atoms with Crippen molar-refractivity contribution in [2.75, 3.05) is 0 Å². The van der Waals surface area contributed by atoms with Gasteiger partial charge in [-0.1, -0.05) is 30.3 Å². The average Bonchev–Trinajstić information content (AvgIpc) is 3.41. The van der Waals surface area contributed by atoms with Crippen LogP contribution >= 0.6 is 0 Å². The molecule has 1 saturated carbocycles. The van der Waals surface area contributed by atoms with Crippen molar-refractivity contribution < 1.29 is 19.1 Å². The smallest absolute Gasteiger partial charge is 0.408 e. The first-order chi connectivity index (χ1) is 13.5. The standard InChI is InChI=1S/C22H33N3O4/c1-14(2)23-19(26)18(16-10-8-7-9-11-16)25(17-12-13-17)20(27)15(3)24-21(28)29-22(4,5)6/h7-11,14-15,17-18H,12-13H2,1-6H3,(H,23,26)(H,24,28). The van der Waals surface area contributed by atoms with Gasteiger partial charge in [-0.3, -0.25) is 9.59 Å². The summed E-state index contributed by atoms with van der Waals surface area (Å²) in [5.41, 5.74) is 0.0857. The van der Waals surface area contributed by atoms with Crippen LogP contribution < -0.4 is 10.6 Å². The molecule has 1 aliphatic rings. The van der Waals surface area contributed by atoms with Crippen molar-refractivity contribution in [2.24, 2.45) is 0 Å². The van der Waals surface area contributed by atoms with E-state index in [-0.39, 0.29) is 23.9 Å². The Labute approximate surface area is 173 Å². The van der Waals surface area contributed by atoms with Crippen LogP contribution in [0.25, 0.3) is 0 Å². The lowest BCUT2D eigenvalue weighted by atomic mass is 10.0. The maximum Gasteiger partial charge on any atom is 0.408 e. The van der Waals surface area contributed by atoms with Gasteiger partial charge in [0.25, 0.3) is 0 Å². The van der Waals surface area contributed by atoms with Crippen molar-refractivity contribution >= 4 is 17.9 Å². The summed E-state index contributed by atoms with van der Waals surface area (Å²) in [6.45, 7) is 10.7. The van der Waals surface area contributed by atoms with Gasteiger partial charge in [0.15, 0.2) is 0 Å². The molecule has 7 nitrogen and oxygen atoms in total. The quantitative estimate of drug-likeness (QED) is 0.732. The molecule has 2 N–H and O–H groups in total. The molecule has 160 valence electrons. The molecule has 29 heavy (non-hydrogen) atoms. The number of nitrogens with zero attached hydrogens (tertiary/aromatic N) is 1. The van der Waals surface area contributed by atoms with Crippen LogP contribution in [-0.4, -0.2) is 46.5 Å². The summed E-state index contributed by atoms with van der Waals surface area (Å²) in [4.78, 5) is 40.1. The molecule has 0 aromatic heterocycles. The molecule has 0 spiro atoms. The summed E-state index contributed by atoms with van der Waals surface area (Å²) in [6, 6.07) is 7.63. The third-order valence-corrected chi connectivity index (χ3v) is 4.37. The van der Waals surface area contributed by atoms with Crippen LogP contribution in [0.4, 0.5) is 4.79 Å². The van der Waals surface area contributed by atoms with Crippen LogP contribution in [0.2, 0.25) is 0 Å². The molecule has 1 aliphatic carbocycles. The van der Waals surface area contributed by atoms with Crippen molar-refractivity contribution in [1.29, 1.82) is 0 Å². The lowest BCUT2D eigenvalue weighted by Crippen LogP contribution is -2.53. The normalized spacial score (nSPS) is 16.0. The molecular formula is C22H33N3O4. The van der Waals surface area contributed by atoms with E-state index in [0.717, 1.165) is 18.4 Å². The SMILES string of the molecule is CC(C)NC(=O)C(c1ccccc1)N(C(=O)C(C)NC(=O)OC(C)(C)C)C1CC1. The first kappa shape index (κ1) is 22.7. The van der Waals surface area contributed by atoms with E-state index in [1.165, 1.54) is 0 Å². The molecule has 1 fully saturated rings. The minimum atomic E-state index is -0.816. The summed E-state index contributed by atoms with van der Waals surface area (Å²) in [6.07, 6.45) is 1.02. The molecule has 2 rings (SSSR count). The first-order valence-electron chi connectivity index (χ1n) is 10.2. The van der Waals surface area contributed by atoms with Crippen LogP contribution in [0, 0.1) is 0 Å². The number of hydrogen-bond acceptors (Lipinski definition) is 4. The zero-order chi connectivity index (χ0) is 21.8. The van der Waals surface area contributed by atoms with Gasteiger partial charge in [0.1, 0.15) is 17.7 Å². The number of hydrogen-bond donors (Lipinski definition) is 2. The summed E-state index contributed by atoms with van der Waals surface area (Å²) < 4.78 is 5.26. The maximum atomic E-state index is 13.3. The number of amides is 3. The minimum Gasteiger partial charge on any atom is -0.444 e. The monoisotopic (exact) mass is 403 g/mol. The maximum absolute atomic E-state index is 13.3. The van der Waals surface area contributed by atoms with Crippen molar-refractivity contribution in [1.82, 2.24) is 15.5 Å². The van der Waals surface area contributed by atoms with Gasteiger partial charge in [-0.25, -0.2) is 4.79 Å². The van der Waals surface area contributed by atoms with Crippen LogP contribution in [0.15, 0.2) is 30.3 Å². The molecule has 0 saturated heterocycles. The van der Waals surface area contributed by atoms with Crippen LogP contribution in [-0.2, 0) is 14.3 Å². The number of carbonyl (C=O) groups excluding carboxylic acids is 3. The van der Waals surface area contributed by atoms with Gasteiger partial charge in [0, 0.05) is 12.1 Å². The molecule has 2 atom stereocenters. The van der Waals surface area contributed by atoms with Gasteiger partial charge in [0.2, 0.25) is 11.8 Å². The fraction of sp³-hybridized carbons (Fsp3) is 0.591. The molecule has 0 bridgehead atoms. The zero-order valence-electron chi connectivity index (χ0n) is 18.2. The summed E-state index contributed by atoms with van der Waals surface area (Å²) in [7, 11) is 0. The van der Waals surface area contributed by atoms with E-state index >= 15 is 0 Å². The number of rotatable bonds is 7. The van der Waals surface area contributed by atoms with Crippen molar-refractivity contribution in [3.8, 4) is 0 Å². The third-order valence-electron chi connectivity index (χ3n) is 4.37. The molecule has 0 aliphatic heterocycles. The summed E-state index contributed by atoms with van der Waals surface area (Å²) in [5, 5.41) is 5.53. The highest BCUT2D eigenvalue weighted by Gasteiger charge is 2.43.